The molecule has 1 N–H and O–H groups in total. The van der Waals surface area contributed by atoms with E-state index >= 15 is 0 Å². The summed E-state index contributed by atoms with van der Waals surface area (Å²) < 4.78 is 23.9. The number of nitrogens with one attached hydrogen (secondary N) is 1. The topological polar surface area (TPSA) is 49.3 Å². The molecule has 0 saturated carbocycles. The number of guanidine groups is 1. The van der Waals surface area contributed by atoms with Crippen LogP contribution in [0.4, 0.5) is 4.39 Å². The molecule has 1 unspecified atom stereocenters. The van der Waals surface area contributed by atoms with Crippen LogP contribution < -0.4 is 14.8 Å². The maximum atomic E-state index is 13.1. The first-order valence-corrected chi connectivity index (χ1v) is 9.44. The summed E-state index contributed by atoms with van der Waals surface area (Å²) in [6.07, 6.45) is 0. The van der Waals surface area contributed by atoms with Gasteiger partial charge in [0.05, 0.1) is 20.3 Å². The SMILES string of the molecule is CN=C(NCC(c1ccc(OC)c(OC)c1)N(C)C)N(C)Cc1ccc(F)cc1.I. The van der Waals surface area contributed by atoms with Gasteiger partial charge in [-0.2, -0.15) is 0 Å². The van der Waals surface area contributed by atoms with Gasteiger partial charge in [-0.15, -0.1) is 24.0 Å². The second kappa shape index (κ2) is 12.6. The fourth-order valence-electron chi connectivity index (χ4n) is 3.17. The molecule has 0 aliphatic rings. The summed E-state index contributed by atoms with van der Waals surface area (Å²) in [4.78, 5) is 8.53. The van der Waals surface area contributed by atoms with E-state index in [0.29, 0.717) is 24.6 Å². The molecule has 6 nitrogen and oxygen atoms in total. The Bertz CT molecular complexity index is 815. The molecule has 1 atom stereocenters. The number of methoxy groups -OCH3 is 2. The van der Waals surface area contributed by atoms with E-state index in [9.17, 15) is 4.39 Å². The molecular formula is C22H32FIN4O2. The Hall–Kier alpha value is -2.07. The molecule has 0 bridgehead atoms. The third-order valence-corrected chi connectivity index (χ3v) is 4.78. The molecule has 0 radical (unpaired) electrons. The van der Waals surface area contributed by atoms with Crippen molar-refractivity contribution >= 4 is 29.9 Å². The lowest BCUT2D eigenvalue weighted by Crippen LogP contribution is -2.42. The fraction of sp³-hybridized carbons (Fsp3) is 0.409. The van der Waals surface area contributed by atoms with Crippen molar-refractivity contribution < 1.29 is 13.9 Å². The highest BCUT2D eigenvalue weighted by atomic mass is 127. The zero-order valence-electron chi connectivity index (χ0n) is 18.5. The molecule has 0 fully saturated rings. The van der Waals surface area contributed by atoms with Crippen LogP contribution in [0.2, 0.25) is 0 Å². The molecule has 0 aliphatic carbocycles. The van der Waals surface area contributed by atoms with E-state index < -0.39 is 0 Å². The zero-order chi connectivity index (χ0) is 21.4. The standard InChI is InChI=1S/C22H31FN4O2.HI/c1-24-22(27(4)15-16-7-10-18(23)11-8-16)25-14-19(26(2)3)17-9-12-20(28-5)21(13-17)29-6;/h7-13,19H,14-15H2,1-6H3,(H,24,25);1H. The van der Waals surface area contributed by atoms with Gasteiger partial charge in [0, 0.05) is 27.2 Å². The lowest BCUT2D eigenvalue weighted by Gasteiger charge is -2.29. The van der Waals surface area contributed by atoms with Gasteiger partial charge in [-0.1, -0.05) is 18.2 Å². The lowest BCUT2D eigenvalue weighted by molar-refractivity contribution is 0.293. The molecule has 2 rings (SSSR count). The van der Waals surface area contributed by atoms with Gasteiger partial charge >= 0.3 is 0 Å². The van der Waals surface area contributed by atoms with E-state index in [1.165, 1.54) is 12.1 Å². The number of likely N-dealkylation sites (N-methyl/N-ethyl adjacent to an activating group) is 1. The van der Waals surface area contributed by atoms with Crippen molar-refractivity contribution in [2.75, 3.05) is 49.0 Å². The van der Waals surface area contributed by atoms with Crippen molar-refractivity contribution in [2.45, 2.75) is 12.6 Å². The van der Waals surface area contributed by atoms with Gasteiger partial charge in [0.15, 0.2) is 17.5 Å². The summed E-state index contributed by atoms with van der Waals surface area (Å²) in [6.45, 7) is 1.28. The number of hydrogen-bond acceptors (Lipinski definition) is 4. The molecule has 0 aromatic heterocycles. The molecule has 30 heavy (non-hydrogen) atoms. The summed E-state index contributed by atoms with van der Waals surface area (Å²) in [6, 6.07) is 12.6. The highest BCUT2D eigenvalue weighted by Gasteiger charge is 2.18. The quantitative estimate of drug-likeness (QED) is 0.320. The Kier molecular flexibility index (Phi) is 10.9. The minimum atomic E-state index is -0.234. The van der Waals surface area contributed by atoms with Crippen LogP contribution in [0.1, 0.15) is 17.2 Å². The van der Waals surface area contributed by atoms with Gasteiger partial charge in [-0.3, -0.25) is 4.99 Å². The molecule has 0 heterocycles. The molecular weight excluding hydrogens is 498 g/mol. The van der Waals surface area contributed by atoms with Gasteiger partial charge in [-0.25, -0.2) is 4.39 Å². The number of nitrogens with zero attached hydrogens (tertiary/aromatic N) is 3. The average Bonchev–Trinajstić information content (AvgIpc) is 2.72. The number of aliphatic imine (C=N–C) groups is 1. The normalized spacial score (nSPS) is 12.2. The van der Waals surface area contributed by atoms with Crippen molar-refractivity contribution in [3.05, 3.63) is 59.4 Å². The first kappa shape index (κ1) is 26.0. The van der Waals surface area contributed by atoms with E-state index in [-0.39, 0.29) is 35.8 Å². The van der Waals surface area contributed by atoms with Crippen molar-refractivity contribution in [1.29, 1.82) is 0 Å². The second-order valence-electron chi connectivity index (χ2n) is 7.00. The highest BCUT2D eigenvalue weighted by molar-refractivity contribution is 14.0. The maximum Gasteiger partial charge on any atom is 0.193 e. The molecule has 0 aliphatic heterocycles. The van der Waals surface area contributed by atoms with Crippen molar-refractivity contribution in [3.8, 4) is 11.5 Å². The van der Waals surface area contributed by atoms with E-state index in [0.717, 1.165) is 17.1 Å². The first-order chi connectivity index (χ1) is 13.9. The average molecular weight is 530 g/mol. The first-order valence-electron chi connectivity index (χ1n) is 9.44. The minimum Gasteiger partial charge on any atom is -0.493 e. The van der Waals surface area contributed by atoms with Gasteiger partial charge in [0.1, 0.15) is 5.82 Å². The Balaban J connectivity index is 0.00000450. The number of halogens is 2. The van der Waals surface area contributed by atoms with Crippen LogP contribution in [-0.2, 0) is 6.54 Å². The largest absolute Gasteiger partial charge is 0.493 e. The minimum absolute atomic E-state index is 0. The molecule has 166 valence electrons. The Labute approximate surface area is 196 Å². The van der Waals surface area contributed by atoms with Crippen molar-refractivity contribution in [1.82, 2.24) is 15.1 Å². The number of benzene rings is 2. The zero-order valence-corrected chi connectivity index (χ0v) is 20.8. The Morgan fingerprint density at radius 1 is 1.03 bits per heavy atom. The van der Waals surface area contributed by atoms with Crippen LogP contribution in [0.15, 0.2) is 47.5 Å². The fourth-order valence-corrected chi connectivity index (χ4v) is 3.17. The predicted octanol–water partition coefficient (Wildman–Crippen LogP) is 3.77. The maximum absolute atomic E-state index is 13.1. The van der Waals surface area contributed by atoms with Crippen LogP contribution in [0.3, 0.4) is 0 Å². The predicted molar refractivity (Wildman–Crippen MR) is 131 cm³/mol. The van der Waals surface area contributed by atoms with Crippen LogP contribution in [0, 0.1) is 5.82 Å². The molecule has 2 aromatic carbocycles. The van der Waals surface area contributed by atoms with Crippen LogP contribution >= 0.6 is 24.0 Å². The van der Waals surface area contributed by atoms with Crippen molar-refractivity contribution in [3.63, 3.8) is 0 Å². The van der Waals surface area contributed by atoms with E-state index in [4.69, 9.17) is 9.47 Å². The smallest absolute Gasteiger partial charge is 0.193 e. The summed E-state index contributed by atoms with van der Waals surface area (Å²) >= 11 is 0. The number of rotatable bonds is 8. The summed E-state index contributed by atoms with van der Waals surface area (Å²) in [5, 5.41) is 3.43. The Morgan fingerprint density at radius 2 is 1.67 bits per heavy atom. The van der Waals surface area contributed by atoms with Gasteiger partial charge < -0.3 is 24.6 Å². The summed E-state index contributed by atoms with van der Waals surface area (Å²) in [5.41, 5.74) is 2.12. The summed E-state index contributed by atoms with van der Waals surface area (Å²) in [7, 11) is 11.0. The van der Waals surface area contributed by atoms with E-state index in [1.54, 1.807) is 33.4 Å². The molecule has 0 spiro atoms. The van der Waals surface area contributed by atoms with Crippen molar-refractivity contribution in [2.24, 2.45) is 4.99 Å². The number of hydrogen-bond donors (Lipinski definition) is 1. The second-order valence-corrected chi connectivity index (χ2v) is 7.00. The van der Waals surface area contributed by atoms with Gasteiger partial charge in [0.2, 0.25) is 0 Å². The van der Waals surface area contributed by atoms with Crippen LogP contribution in [0.25, 0.3) is 0 Å². The Morgan fingerprint density at radius 3 is 2.20 bits per heavy atom. The molecule has 0 amide bonds. The van der Waals surface area contributed by atoms with Crippen LogP contribution in [0.5, 0.6) is 11.5 Å². The highest BCUT2D eigenvalue weighted by Crippen LogP contribution is 2.31. The number of ether oxygens (including phenoxy) is 2. The lowest BCUT2D eigenvalue weighted by atomic mass is 10.1. The third kappa shape index (κ3) is 7.02. The van der Waals surface area contributed by atoms with Gasteiger partial charge in [0.25, 0.3) is 0 Å². The monoisotopic (exact) mass is 530 g/mol. The van der Waals surface area contributed by atoms with E-state index in [2.05, 4.69) is 15.2 Å². The van der Waals surface area contributed by atoms with Gasteiger partial charge in [-0.05, 0) is 49.5 Å². The molecule has 2 aromatic rings. The molecule has 0 saturated heterocycles. The van der Waals surface area contributed by atoms with Crippen LogP contribution in [-0.4, -0.2) is 64.7 Å². The van der Waals surface area contributed by atoms with E-state index in [1.807, 2.05) is 44.2 Å². The third-order valence-electron chi connectivity index (χ3n) is 4.78. The molecule has 8 heteroatoms. The summed E-state index contributed by atoms with van der Waals surface area (Å²) in [5.74, 6) is 1.94.